The van der Waals surface area contributed by atoms with E-state index in [-0.39, 0.29) is 6.04 Å². The molecule has 136 valence electrons. The molecule has 5 heteroatoms. The minimum atomic E-state index is -0.609. The summed E-state index contributed by atoms with van der Waals surface area (Å²) in [5.74, 6) is -1.17. The van der Waals surface area contributed by atoms with Crippen molar-refractivity contribution in [2.75, 3.05) is 18.4 Å². The van der Waals surface area contributed by atoms with E-state index in [1.165, 1.54) is 5.56 Å². The van der Waals surface area contributed by atoms with Gasteiger partial charge >= 0.3 is 11.8 Å². The Morgan fingerprint density at radius 1 is 1.00 bits per heavy atom. The molecule has 0 unspecified atom stereocenters. The van der Waals surface area contributed by atoms with E-state index in [2.05, 4.69) is 39.8 Å². The second kappa shape index (κ2) is 8.63. The first-order valence-corrected chi connectivity index (χ1v) is 9.05. The summed E-state index contributed by atoms with van der Waals surface area (Å²) >= 11 is 0. The second-order valence-corrected chi connectivity index (χ2v) is 6.83. The van der Waals surface area contributed by atoms with Crippen LogP contribution in [0, 0.1) is 6.92 Å². The van der Waals surface area contributed by atoms with Crippen molar-refractivity contribution in [3.8, 4) is 0 Å². The number of nitrogens with zero attached hydrogens (tertiary/aromatic N) is 1. The molecule has 26 heavy (non-hydrogen) atoms. The van der Waals surface area contributed by atoms with Crippen LogP contribution in [0.2, 0.25) is 0 Å². The number of benzene rings is 2. The van der Waals surface area contributed by atoms with Crippen LogP contribution in [0.1, 0.15) is 24.0 Å². The molecule has 1 fully saturated rings. The fourth-order valence-electron chi connectivity index (χ4n) is 3.24. The zero-order chi connectivity index (χ0) is 18.4. The number of carbonyl (C=O) groups excluding carboxylic acids is 2. The average Bonchev–Trinajstić information content (AvgIpc) is 2.64. The monoisotopic (exact) mass is 351 g/mol. The van der Waals surface area contributed by atoms with Gasteiger partial charge in [-0.25, -0.2) is 0 Å². The molecule has 0 bridgehead atoms. The molecule has 2 amide bonds. The minimum absolute atomic E-state index is 0.0535. The van der Waals surface area contributed by atoms with Crippen molar-refractivity contribution < 1.29 is 9.59 Å². The standard InChI is InChI=1S/C21H25N3O2/c1-16-6-5-9-19(14-16)23-21(26)20(25)22-18-10-12-24(13-11-18)15-17-7-3-2-4-8-17/h2-9,14,18H,10-13,15H2,1H3,(H,22,25)(H,23,26). The van der Waals surface area contributed by atoms with Crippen LogP contribution < -0.4 is 10.6 Å². The SMILES string of the molecule is Cc1cccc(NC(=O)C(=O)NC2CCN(Cc3ccccc3)CC2)c1. The zero-order valence-electron chi connectivity index (χ0n) is 15.1. The number of nitrogens with one attached hydrogen (secondary N) is 2. The summed E-state index contributed by atoms with van der Waals surface area (Å²) in [6, 6.07) is 17.8. The predicted octanol–water partition coefficient (Wildman–Crippen LogP) is 2.71. The number of rotatable bonds is 4. The first-order chi connectivity index (χ1) is 12.6. The lowest BCUT2D eigenvalue weighted by atomic mass is 10.0. The molecule has 2 aromatic carbocycles. The van der Waals surface area contributed by atoms with Crippen LogP contribution in [-0.2, 0) is 16.1 Å². The molecule has 1 aliphatic rings. The largest absolute Gasteiger partial charge is 0.345 e. The highest BCUT2D eigenvalue weighted by Gasteiger charge is 2.23. The number of likely N-dealkylation sites (tertiary alicyclic amines) is 1. The number of piperidine rings is 1. The van der Waals surface area contributed by atoms with Crippen LogP contribution in [0.5, 0.6) is 0 Å². The van der Waals surface area contributed by atoms with Crippen molar-refractivity contribution in [2.45, 2.75) is 32.4 Å². The smallest absolute Gasteiger partial charge is 0.313 e. The van der Waals surface area contributed by atoms with Crippen LogP contribution in [0.15, 0.2) is 54.6 Å². The number of hydrogen-bond donors (Lipinski definition) is 2. The van der Waals surface area contributed by atoms with Crippen molar-refractivity contribution in [1.82, 2.24) is 10.2 Å². The highest BCUT2D eigenvalue weighted by molar-refractivity contribution is 6.39. The quantitative estimate of drug-likeness (QED) is 0.833. The summed E-state index contributed by atoms with van der Waals surface area (Å²) in [6.07, 6.45) is 1.71. The molecule has 0 atom stereocenters. The Labute approximate surface area is 154 Å². The number of carbonyl (C=O) groups is 2. The normalized spacial score (nSPS) is 15.4. The lowest BCUT2D eigenvalue weighted by Crippen LogP contribution is -2.47. The minimum Gasteiger partial charge on any atom is -0.345 e. The van der Waals surface area contributed by atoms with Crippen LogP contribution in [0.3, 0.4) is 0 Å². The molecule has 0 aromatic heterocycles. The molecular formula is C21H25N3O2. The van der Waals surface area contributed by atoms with Crippen LogP contribution >= 0.6 is 0 Å². The van der Waals surface area contributed by atoms with Gasteiger partial charge in [-0.15, -0.1) is 0 Å². The first-order valence-electron chi connectivity index (χ1n) is 9.05. The fraction of sp³-hybridized carbons (Fsp3) is 0.333. The van der Waals surface area contributed by atoms with Gasteiger partial charge in [0, 0.05) is 31.4 Å². The topological polar surface area (TPSA) is 61.4 Å². The van der Waals surface area contributed by atoms with E-state index < -0.39 is 11.8 Å². The van der Waals surface area contributed by atoms with Gasteiger partial charge in [-0.05, 0) is 43.0 Å². The second-order valence-electron chi connectivity index (χ2n) is 6.83. The van der Waals surface area contributed by atoms with Gasteiger partial charge in [0.05, 0.1) is 0 Å². The highest BCUT2D eigenvalue weighted by Crippen LogP contribution is 2.14. The number of hydrogen-bond acceptors (Lipinski definition) is 3. The molecule has 0 saturated carbocycles. The van der Waals surface area contributed by atoms with Crippen molar-refractivity contribution in [3.63, 3.8) is 0 Å². The molecular weight excluding hydrogens is 326 g/mol. The summed E-state index contributed by atoms with van der Waals surface area (Å²) < 4.78 is 0. The van der Waals surface area contributed by atoms with Gasteiger partial charge in [0.2, 0.25) is 0 Å². The van der Waals surface area contributed by atoms with Gasteiger partial charge in [-0.1, -0.05) is 42.5 Å². The van der Waals surface area contributed by atoms with Crippen LogP contribution in [0.25, 0.3) is 0 Å². The molecule has 0 aliphatic carbocycles. The molecule has 0 spiro atoms. The van der Waals surface area contributed by atoms with E-state index >= 15 is 0 Å². The number of aryl methyl sites for hydroxylation is 1. The Morgan fingerprint density at radius 2 is 1.73 bits per heavy atom. The van der Waals surface area contributed by atoms with Gasteiger partial charge in [0.25, 0.3) is 0 Å². The Kier molecular flexibility index (Phi) is 6.02. The van der Waals surface area contributed by atoms with Gasteiger partial charge in [0.1, 0.15) is 0 Å². The third-order valence-corrected chi connectivity index (χ3v) is 4.65. The maximum atomic E-state index is 12.1. The third-order valence-electron chi connectivity index (χ3n) is 4.65. The molecule has 1 saturated heterocycles. The molecule has 1 aliphatic heterocycles. The van der Waals surface area contributed by atoms with Crippen LogP contribution in [-0.4, -0.2) is 35.8 Å². The Balaban J connectivity index is 1.43. The molecule has 3 rings (SSSR count). The molecule has 0 radical (unpaired) electrons. The lowest BCUT2D eigenvalue weighted by Gasteiger charge is -2.32. The number of anilines is 1. The van der Waals surface area contributed by atoms with E-state index in [0.717, 1.165) is 38.0 Å². The van der Waals surface area contributed by atoms with Crippen LogP contribution in [0.4, 0.5) is 5.69 Å². The Morgan fingerprint density at radius 3 is 2.42 bits per heavy atom. The Hall–Kier alpha value is -2.66. The van der Waals surface area contributed by atoms with E-state index in [4.69, 9.17) is 0 Å². The summed E-state index contributed by atoms with van der Waals surface area (Å²) in [5, 5.41) is 5.51. The van der Waals surface area contributed by atoms with Gasteiger partial charge < -0.3 is 10.6 Å². The summed E-state index contributed by atoms with van der Waals surface area (Å²) in [6.45, 7) is 4.70. The molecule has 5 nitrogen and oxygen atoms in total. The van der Waals surface area contributed by atoms with Crippen molar-refractivity contribution >= 4 is 17.5 Å². The third kappa shape index (κ3) is 5.17. The first kappa shape index (κ1) is 18.1. The highest BCUT2D eigenvalue weighted by atomic mass is 16.2. The van der Waals surface area contributed by atoms with E-state index in [9.17, 15) is 9.59 Å². The van der Waals surface area contributed by atoms with Gasteiger partial charge in [0.15, 0.2) is 0 Å². The van der Waals surface area contributed by atoms with Crippen molar-refractivity contribution in [1.29, 1.82) is 0 Å². The fourth-order valence-corrected chi connectivity index (χ4v) is 3.24. The Bertz CT molecular complexity index is 753. The average molecular weight is 351 g/mol. The lowest BCUT2D eigenvalue weighted by molar-refractivity contribution is -0.136. The molecule has 2 N–H and O–H groups in total. The number of amides is 2. The van der Waals surface area contributed by atoms with Gasteiger partial charge in [-0.2, -0.15) is 0 Å². The summed E-state index contributed by atoms with van der Waals surface area (Å²) in [4.78, 5) is 26.6. The molecule has 1 heterocycles. The predicted molar refractivity (Wildman–Crippen MR) is 103 cm³/mol. The van der Waals surface area contributed by atoms with E-state index in [1.807, 2.05) is 31.2 Å². The summed E-state index contributed by atoms with van der Waals surface area (Å²) in [5.41, 5.74) is 2.98. The maximum Gasteiger partial charge on any atom is 0.313 e. The maximum absolute atomic E-state index is 12.1. The summed E-state index contributed by atoms with van der Waals surface area (Å²) in [7, 11) is 0. The van der Waals surface area contributed by atoms with E-state index in [1.54, 1.807) is 6.07 Å². The van der Waals surface area contributed by atoms with E-state index in [0.29, 0.717) is 5.69 Å². The van der Waals surface area contributed by atoms with Gasteiger partial charge in [-0.3, -0.25) is 14.5 Å². The molecule has 2 aromatic rings. The zero-order valence-corrected chi connectivity index (χ0v) is 15.1. The van der Waals surface area contributed by atoms with Crippen molar-refractivity contribution in [3.05, 3.63) is 65.7 Å². The van der Waals surface area contributed by atoms with Crippen molar-refractivity contribution in [2.24, 2.45) is 0 Å².